The zero-order valence-electron chi connectivity index (χ0n) is 18.5. The molecule has 4 rings (SSSR count). The summed E-state index contributed by atoms with van der Waals surface area (Å²) in [5, 5.41) is 6.44. The average Bonchev–Trinajstić information content (AvgIpc) is 3.19. The van der Waals surface area contributed by atoms with Crippen LogP contribution in [-0.4, -0.2) is 29.8 Å². The maximum absolute atomic E-state index is 13.9. The third-order valence-corrected chi connectivity index (χ3v) is 6.27. The van der Waals surface area contributed by atoms with E-state index in [1.54, 1.807) is 0 Å². The number of pyridine rings is 1. The molecule has 31 heavy (non-hydrogen) atoms. The van der Waals surface area contributed by atoms with Gasteiger partial charge in [-0.2, -0.15) is 0 Å². The standard InChI is InChI=1S/C25H30N4O2/c1-16(2)24(31)27-20(15-18-9-6-5-7-10-18)23(30)22-13-12-21-17(3)26-19-11-8-14-28(4)25(19)29(21)22/h5-11,14,16,20-22,26H,3,12-13,15H2,1-2,4H3/p+1. The highest BCUT2D eigenvalue weighted by Crippen LogP contribution is 2.40. The number of nitrogens with one attached hydrogen (secondary N) is 2. The summed E-state index contributed by atoms with van der Waals surface area (Å²) in [5.41, 5.74) is 2.91. The van der Waals surface area contributed by atoms with Crippen LogP contribution in [0.1, 0.15) is 32.3 Å². The van der Waals surface area contributed by atoms with E-state index in [4.69, 9.17) is 0 Å². The van der Waals surface area contributed by atoms with E-state index < -0.39 is 6.04 Å². The number of amides is 1. The topological polar surface area (TPSA) is 65.3 Å². The van der Waals surface area contributed by atoms with E-state index in [-0.39, 0.29) is 29.7 Å². The summed E-state index contributed by atoms with van der Waals surface area (Å²) in [7, 11) is 1.99. The second kappa shape index (κ2) is 8.53. The first kappa shape index (κ1) is 21.1. The lowest BCUT2D eigenvalue weighted by Gasteiger charge is -2.33. The van der Waals surface area contributed by atoms with Gasteiger partial charge in [0.15, 0.2) is 11.8 Å². The van der Waals surface area contributed by atoms with Crippen molar-refractivity contribution in [2.75, 3.05) is 10.2 Å². The Hall–Kier alpha value is -3.15. The van der Waals surface area contributed by atoms with Gasteiger partial charge in [0, 0.05) is 5.92 Å². The number of carbonyl (C=O) groups excluding carboxylic acids is 2. The fourth-order valence-corrected chi connectivity index (χ4v) is 4.65. The monoisotopic (exact) mass is 419 g/mol. The van der Waals surface area contributed by atoms with Gasteiger partial charge in [-0.3, -0.25) is 9.59 Å². The maximum atomic E-state index is 13.9. The predicted molar refractivity (Wildman–Crippen MR) is 122 cm³/mol. The molecule has 0 spiro atoms. The minimum atomic E-state index is -0.568. The molecule has 3 unspecified atom stereocenters. The lowest BCUT2D eigenvalue weighted by Crippen LogP contribution is -2.56. The summed E-state index contributed by atoms with van der Waals surface area (Å²) in [6, 6.07) is 13.1. The van der Waals surface area contributed by atoms with Crippen molar-refractivity contribution in [2.45, 2.75) is 51.2 Å². The van der Waals surface area contributed by atoms with Crippen LogP contribution in [0.25, 0.3) is 0 Å². The number of benzene rings is 1. The van der Waals surface area contributed by atoms with Gasteiger partial charge in [-0.15, -0.1) is 0 Å². The van der Waals surface area contributed by atoms with Gasteiger partial charge in [-0.05, 0) is 37.0 Å². The first-order valence-corrected chi connectivity index (χ1v) is 11.0. The number of carbonyl (C=O) groups is 2. The zero-order chi connectivity index (χ0) is 22.1. The first-order chi connectivity index (χ1) is 14.9. The largest absolute Gasteiger partial charge is 0.349 e. The molecule has 6 heteroatoms. The molecule has 1 amide bonds. The molecule has 2 aliphatic heterocycles. The van der Waals surface area contributed by atoms with E-state index in [0.717, 1.165) is 35.6 Å². The Morgan fingerprint density at radius 2 is 1.94 bits per heavy atom. The smallest absolute Gasteiger partial charge is 0.301 e. The van der Waals surface area contributed by atoms with Gasteiger partial charge in [-0.1, -0.05) is 50.8 Å². The lowest BCUT2D eigenvalue weighted by molar-refractivity contribution is -0.658. The average molecular weight is 420 g/mol. The summed E-state index contributed by atoms with van der Waals surface area (Å²) in [4.78, 5) is 28.6. The summed E-state index contributed by atoms with van der Waals surface area (Å²) in [6.45, 7) is 7.92. The van der Waals surface area contributed by atoms with Gasteiger partial charge in [0.2, 0.25) is 5.91 Å². The number of hydrogen-bond donors (Lipinski definition) is 2. The van der Waals surface area contributed by atoms with Gasteiger partial charge in [0.1, 0.15) is 11.7 Å². The number of rotatable bonds is 6. The highest BCUT2D eigenvalue weighted by atomic mass is 16.2. The van der Waals surface area contributed by atoms with E-state index in [9.17, 15) is 9.59 Å². The van der Waals surface area contributed by atoms with E-state index in [1.807, 2.05) is 74.1 Å². The van der Waals surface area contributed by atoms with Crippen molar-refractivity contribution in [3.05, 3.63) is 66.5 Å². The minimum Gasteiger partial charge on any atom is -0.349 e. The summed E-state index contributed by atoms with van der Waals surface area (Å²) in [6.07, 6.45) is 4.07. The quantitative estimate of drug-likeness (QED) is 0.707. The van der Waals surface area contributed by atoms with Crippen molar-refractivity contribution in [2.24, 2.45) is 13.0 Å². The maximum Gasteiger partial charge on any atom is 0.301 e. The molecule has 3 atom stereocenters. The molecular weight excluding hydrogens is 388 g/mol. The van der Waals surface area contributed by atoms with Crippen LogP contribution < -0.4 is 20.1 Å². The van der Waals surface area contributed by atoms with Crippen molar-refractivity contribution in [1.82, 2.24) is 5.32 Å². The molecule has 1 saturated heterocycles. The van der Waals surface area contributed by atoms with Crippen LogP contribution in [0.4, 0.5) is 11.5 Å². The molecule has 162 valence electrons. The second-order valence-electron chi connectivity index (χ2n) is 8.83. The minimum absolute atomic E-state index is 0.0601. The molecule has 0 radical (unpaired) electrons. The van der Waals surface area contributed by atoms with Gasteiger partial charge >= 0.3 is 5.82 Å². The van der Waals surface area contributed by atoms with Crippen LogP contribution in [0.3, 0.4) is 0 Å². The van der Waals surface area contributed by atoms with E-state index >= 15 is 0 Å². The number of fused-ring (bicyclic) bond motifs is 3. The Bertz CT molecular complexity index is 1000. The Labute approximate surface area is 184 Å². The molecule has 3 heterocycles. The Morgan fingerprint density at radius 3 is 2.65 bits per heavy atom. The van der Waals surface area contributed by atoms with Crippen LogP contribution in [0, 0.1) is 5.92 Å². The third kappa shape index (κ3) is 4.07. The lowest BCUT2D eigenvalue weighted by atomic mass is 9.95. The molecule has 0 bridgehead atoms. The molecule has 0 aliphatic carbocycles. The summed E-state index contributed by atoms with van der Waals surface area (Å²) >= 11 is 0. The van der Waals surface area contributed by atoms with Gasteiger partial charge in [-0.25, -0.2) is 9.47 Å². The SMILES string of the molecule is C=C1Nc2ccc[n+](C)c2N2C1CCC2C(=O)C(Cc1ccccc1)NC(=O)C(C)C. The number of Topliss-reactive ketones (excluding diaryl/α,β-unsaturated/α-hetero) is 1. The van der Waals surface area contributed by atoms with Crippen LogP contribution >= 0.6 is 0 Å². The van der Waals surface area contributed by atoms with Crippen LogP contribution in [0.2, 0.25) is 0 Å². The molecular formula is C25H31N4O2+. The highest BCUT2D eigenvalue weighted by Gasteiger charge is 2.51. The van der Waals surface area contributed by atoms with Crippen molar-refractivity contribution in [3.63, 3.8) is 0 Å². The number of hydrogen-bond acceptors (Lipinski definition) is 4. The van der Waals surface area contributed by atoms with E-state index in [1.165, 1.54) is 0 Å². The Morgan fingerprint density at radius 1 is 1.19 bits per heavy atom. The number of ketones is 1. The first-order valence-electron chi connectivity index (χ1n) is 11.0. The van der Waals surface area contributed by atoms with E-state index in [2.05, 4.69) is 22.1 Å². The van der Waals surface area contributed by atoms with Crippen LogP contribution in [0.5, 0.6) is 0 Å². The number of nitrogens with zero attached hydrogens (tertiary/aromatic N) is 2. The van der Waals surface area contributed by atoms with Crippen LogP contribution in [-0.2, 0) is 23.1 Å². The van der Waals surface area contributed by atoms with Gasteiger partial charge in [0.05, 0.1) is 25.0 Å². The molecule has 2 aliphatic rings. The number of anilines is 2. The zero-order valence-corrected chi connectivity index (χ0v) is 18.5. The number of aromatic nitrogens is 1. The Kier molecular flexibility index (Phi) is 5.81. The molecule has 1 aromatic carbocycles. The Balaban J connectivity index is 1.67. The van der Waals surface area contributed by atoms with Gasteiger partial charge < -0.3 is 10.6 Å². The van der Waals surface area contributed by atoms with Crippen molar-refractivity contribution >= 4 is 23.2 Å². The summed E-state index contributed by atoms with van der Waals surface area (Å²) < 4.78 is 2.05. The molecule has 1 fully saturated rings. The predicted octanol–water partition coefficient (Wildman–Crippen LogP) is 2.74. The normalized spacial score (nSPS) is 20.6. The highest BCUT2D eigenvalue weighted by molar-refractivity contribution is 5.96. The third-order valence-electron chi connectivity index (χ3n) is 6.27. The van der Waals surface area contributed by atoms with Gasteiger partial charge in [0.25, 0.3) is 0 Å². The fourth-order valence-electron chi connectivity index (χ4n) is 4.65. The molecule has 2 N–H and O–H groups in total. The van der Waals surface area contributed by atoms with Crippen molar-refractivity contribution in [1.29, 1.82) is 0 Å². The van der Waals surface area contributed by atoms with Crippen LogP contribution in [0.15, 0.2) is 60.9 Å². The number of aryl methyl sites for hydroxylation is 1. The fraction of sp³-hybridized carbons (Fsp3) is 0.400. The molecule has 1 aromatic heterocycles. The van der Waals surface area contributed by atoms with Crippen molar-refractivity contribution in [3.8, 4) is 0 Å². The van der Waals surface area contributed by atoms with Crippen molar-refractivity contribution < 1.29 is 14.2 Å². The molecule has 6 nitrogen and oxygen atoms in total. The van der Waals surface area contributed by atoms with E-state index in [0.29, 0.717) is 6.42 Å². The molecule has 0 saturated carbocycles. The summed E-state index contributed by atoms with van der Waals surface area (Å²) in [5.74, 6) is 0.772. The molecule has 2 aromatic rings. The second-order valence-corrected chi connectivity index (χ2v) is 8.83.